The monoisotopic (exact) mass is 285 g/mol. The van der Waals surface area contributed by atoms with Gasteiger partial charge in [0.2, 0.25) is 0 Å². The Morgan fingerprint density at radius 3 is 3.00 bits per heavy atom. The number of thiophene rings is 1. The van der Waals surface area contributed by atoms with Gasteiger partial charge in [-0.15, -0.1) is 11.3 Å². The van der Waals surface area contributed by atoms with Gasteiger partial charge in [-0.1, -0.05) is 11.6 Å². The number of halogens is 1. The number of aromatic nitrogens is 2. The summed E-state index contributed by atoms with van der Waals surface area (Å²) in [7, 11) is 0. The lowest BCUT2D eigenvalue weighted by Gasteiger charge is -2.03. The number of imidazole rings is 1. The summed E-state index contributed by atoms with van der Waals surface area (Å²) in [5, 5.41) is 0. The summed E-state index contributed by atoms with van der Waals surface area (Å²) in [6, 6.07) is 3.73. The van der Waals surface area contributed by atoms with E-state index in [4.69, 9.17) is 22.1 Å². The summed E-state index contributed by atoms with van der Waals surface area (Å²) in [5.74, 6) is -0.198. The summed E-state index contributed by atoms with van der Waals surface area (Å²) in [6.07, 6.45) is 1.52. The number of nitrogens with two attached hydrogens (primary N) is 1. The summed E-state index contributed by atoms with van der Waals surface area (Å²) in [4.78, 5) is 16.6. The molecule has 0 bridgehead atoms. The maximum absolute atomic E-state index is 11.5. The van der Waals surface area contributed by atoms with Crippen LogP contribution in [0, 0.1) is 0 Å². The molecule has 0 atom stereocenters. The second kappa shape index (κ2) is 5.41. The van der Waals surface area contributed by atoms with E-state index in [1.165, 1.54) is 17.7 Å². The molecule has 0 radical (unpaired) electrons. The van der Waals surface area contributed by atoms with E-state index >= 15 is 0 Å². The normalized spacial score (nSPS) is 10.6. The first kappa shape index (κ1) is 12.9. The number of carbonyl (C=O) groups is 1. The minimum absolute atomic E-state index is 0.152. The van der Waals surface area contributed by atoms with Crippen LogP contribution in [0.15, 0.2) is 18.5 Å². The standard InChI is InChI=1S/C11H12ClN3O2S/c1-2-17-11(16)9-10(13)15(6-14-9)5-7-3-4-8(12)18-7/h3-4,6H,2,5,13H2,1H3. The molecule has 18 heavy (non-hydrogen) atoms. The molecule has 5 nitrogen and oxygen atoms in total. The van der Waals surface area contributed by atoms with Crippen molar-refractivity contribution in [2.75, 3.05) is 12.3 Å². The van der Waals surface area contributed by atoms with Crippen LogP contribution in [0.25, 0.3) is 0 Å². The molecule has 96 valence electrons. The Bertz CT molecular complexity index is 564. The number of esters is 1. The van der Waals surface area contributed by atoms with Crippen molar-refractivity contribution in [3.05, 3.63) is 33.4 Å². The molecule has 0 unspecified atom stereocenters. The fourth-order valence-electron chi connectivity index (χ4n) is 1.48. The Labute approximate surface area is 113 Å². The lowest BCUT2D eigenvalue weighted by Crippen LogP contribution is -2.10. The Morgan fingerprint density at radius 1 is 1.61 bits per heavy atom. The van der Waals surface area contributed by atoms with Gasteiger partial charge < -0.3 is 15.0 Å². The second-order valence-corrected chi connectivity index (χ2v) is 5.33. The highest BCUT2D eigenvalue weighted by atomic mass is 35.5. The Morgan fingerprint density at radius 2 is 2.39 bits per heavy atom. The zero-order chi connectivity index (χ0) is 13.1. The Kier molecular flexibility index (Phi) is 3.88. The number of anilines is 1. The quantitative estimate of drug-likeness (QED) is 0.876. The summed E-state index contributed by atoms with van der Waals surface area (Å²) >= 11 is 7.32. The molecule has 7 heteroatoms. The summed E-state index contributed by atoms with van der Waals surface area (Å²) in [6.45, 7) is 2.57. The van der Waals surface area contributed by atoms with E-state index in [2.05, 4.69) is 4.98 Å². The fraction of sp³-hybridized carbons (Fsp3) is 0.273. The molecular weight excluding hydrogens is 274 g/mol. The maximum Gasteiger partial charge on any atom is 0.360 e. The van der Waals surface area contributed by atoms with Crippen LogP contribution in [-0.2, 0) is 11.3 Å². The van der Waals surface area contributed by atoms with Crippen molar-refractivity contribution < 1.29 is 9.53 Å². The number of hydrogen-bond donors (Lipinski definition) is 1. The predicted molar refractivity (Wildman–Crippen MR) is 71.0 cm³/mol. The van der Waals surface area contributed by atoms with Gasteiger partial charge in [-0.3, -0.25) is 0 Å². The molecule has 0 fully saturated rings. The van der Waals surface area contributed by atoms with Crippen LogP contribution in [0.4, 0.5) is 5.82 Å². The van der Waals surface area contributed by atoms with Crippen LogP contribution in [0.3, 0.4) is 0 Å². The third-order valence-corrected chi connectivity index (χ3v) is 3.52. The number of rotatable bonds is 4. The fourth-order valence-corrected chi connectivity index (χ4v) is 2.57. The molecule has 0 saturated heterocycles. The Hall–Kier alpha value is -1.53. The van der Waals surface area contributed by atoms with Crippen molar-refractivity contribution in [1.82, 2.24) is 9.55 Å². The first-order valence-corrected chi connectivity index (χ1v) is 6.53. The largest absolute Gasteiger partial charge is 0.461 e. The highest BCUT2D eigenvalue weighted by Crippen LogP contribution is 2.23. The first-order valence-electron chi connectivity index (χ1n) is 5.33. The SMILES string of the molecule is CCOC(=O)c1ncn(Cc2ccc(Cl)s2)c1N. The molecule has 0 aliphatic heterocycles. The van der Waals surface area contributed by atoms with Gasteiger partial charge in [0.15, 0.2) is 5.69 Å². The van der Waals surface area contributed by atoms with Gasteiger partial charge in [-0.25, -0.2) is 9.78 Å². The molecule has 2 aromatic heterocycles. The molecule has 0 amide bonds. The van der Waals surface area contributed by atoms with Crippen molar-refractivity contribution >= 4 is 34.7 Å². The van der Waals surface area contributed by atoms with Gasteiger partial charge in [0, 0.05) is 4.88 Å². The molecule has 2 N–H and O–H groups in total. The van der Waals surface area contributed by atoms with E-state index in [0.717, 1.165) is 4.88 Å². The molecule has 0 saturated carbocycles. The van der Waals surface area contributed by atoms with Crippen molar-refractivity contribution in [3.8, 4) is 0 Å². The maximum atomic E-state index is 11.5. The lowest BCUT2D eigenvalue weighted by molar-refractivity contribution is 0.0521. The third-order valence-electron chi connectivity index (χ3n) is 2.30. The van der Waals surface area contributed by atoms with Gasteiger partial charge in [-0.2, -0.15) is 0 Å². The van der Waals surface area contributed by atoms with Crippen LogP contribution in [0.2, 0.25) is 4.34 Å². The van der Waals surface area contributed by atoms with E-state index in [1.807, 2.05) is 12.1 Å². The number of nitrogens with zero attached hydrogens (tertiary/aromatic N) is 2. The van der Waals surface area contributed by atoms with E-state index in [1.54, 1.807) is 11.5 Å². The predicted octanol–water partition coefficient (Wildman–Crippen LogP) is 2.41. The molecule has 2 heterocycles. The van der Waals surface area contributed by atoms with E-state index in [0.29, 0.717) is 23.3 Å². The highest BCUT2D eigenvalue weighted by molar-refractivity contribution is 7.16. The Balaban J connectivity index is 2.18. The van der Waals surface area contributed by atoms with E-state index < -0.39 is 5.97 Å². The molecule has 2 aromatic rings. The van der Waals surface area contributed by atoms with E-state index in [-0.39, 0.29) is 5.69 Å². The topological polar surface area (TPSA) is 70.1 Å². The van der Waals surface area contributed by atoms with Crippen molar-refractivity contribution in [2.45, 2.75) is 13.5 Å². The molecule has 0 aliphatic rings. The van der Waals surface area contributed by atoms with Gasteiger partial charge in [0.25, 0.3) is 0 Å². The van der Waals surface area contributed by atoms with Crippen LogP contribution < -0.4 is 5.73 Å². The molecule has 0 spiro atoms. The molecule has 0 aromatic carbocycles. The van der Waals surface area contributed by atoms with Crippen LogP contribution in [-0.4, -0.2) is 22.1 Å². The summed E-state index contributed by atoms with van der Waals surface area (Å²) in [5.41, 5.74) is 6.01. The van der Waals surface area contributed by atoms with Crippen molar-refractivity contribution in [3.63, 3.8) is 0 Å². The zero-order valence-electron chi connectivity index (χ0n) is 9.72. The number of carbonyl (C=O) groups excluding carboxylic acids is 1. The van der Waals surface area contributed by atoms with E-state index in [9.17, 15) is 4.79 Å². The van der Waals surface area contributed by atoms with Gasteiger partial charge in [0.05, 0.1) is 23.8 Å². The second-order valence-electron chi connectivity index (χ2n) is 3.53. The van der Waals surface area contributed by atoms with Crippen LogP contribution in [0.5, 0.6) is 0 Å². The number of ether oxygens (including phenoxy) is 1. The molecular formula is C11H12ClN3O2S. The zero-order valence-corrected chi connectivity index (χ0v) is 11.3. The first-order chi connectivity index (χ1) is 8.61. The van der Waals surface area contributed by atoms with Gasteiger partial charge in [0.1, 0.15) is 5.82 Å². The smallest absolute Gasteiger partial charge is 0.360 e. The van der Waals surface area contributed by atoms with Gasteiger partial charge >= 0.3 is 5.97 Å². The number of hydrogen-bond acceptors (Lipinski definition) is 5. The van der Waals surface area contributed by atoms with Crippen molar-refractivity contribution in [2.24, 2.45) is 0 Å². The lowest BCUT2D eigenvalue weighted by atomic mass is 10.4. The average Bonchev–Trinajstić information content (AvgIpc) is 2.88. The molecule has 0 aliphatic carbocycles. The number of nitrogen functional groups attached to an aromatic ring is 1. The summed E-state index contributed by atoms with van der Waals surface area (Å²) < 4.78 is 7.27. The van der Waals surface area contributed by atoms with Gasteiger partial charge in [-0.05, 0) is 19.1 Å². The molecule has 2 rings (SSSR count). The van der Waals surface area contributed by atoms with Crippen LogP contribution in [0.1, 0.15) is 22.3 Å². The highest BCUT2D eigenvalue weighted by Gasteiger charge is 2.17. The minimum atomic E-state index is -0.502. The third kappa shape index (κ3) is 2.65. The van der Waals surface area contributed by atoms with Crippen LogP contribution >= 0.6 is 22.9 Å². The van der Waals surface area contributed by atoms with Crippen molar-refractivity contribution in [1.29, 1.82) is 0 Å². The average molecular weight is 286 g/mol. The minimum Gasteiger partial charge on any atom is -0.461 e.